The summed E-state index contributed by atoms with van der Waals surface area (Å²) < 4.78 is 39.0. The van der Waals surface area contributed by atoms with Crippen LogP contribution in [0.1, 0.15) is 15.9 Å². The highest BCUT2D eigenvalue weighted by molar-refractivity contribution is 5.79. The van der Waals surface area contributed by atoms with Crippen molar-refractivity contribution in [1.29, 1.82) is 0 Å². The van der Waals surface area contributed by atoms with Gasteiger partial charge in [-0.25, -0.2) is 13.2 Å². The lowest BCUT2D eigenvalue weighted by molar-refractivity contribution is 0.112. The van der Waals surface area contributed by atoms with E-state index in [1.54, 1.807) is 25.1 Å². The molecule has 0 aromatic heterocycles. The Morgan fingerprint density at radius 3 is 2.06 bits per heavy atom. The first-order valence-corrected chi connectivity index (χ1v) is 5.23. The van der Waals surface area contributed by atoms with Crippen LogP contribution in [0.3, 0.4) is 0 Å². The van der Waals surface area contributed by atoms with Crippen molar-refractivity contribution in [3.05, 3.63) is 58.9 Å². The van der Waals surface area contributed by atoms with Crippen LogP contribution in [0.4, 0.5) is 13.2 Å². The lowest BCUT2D eigenvalue weighted by Gasteiger charge is -2.06. The second-order valence-electron chi connectivity index (χ2n) is 3.94. The quantitative estimate of drug-likeness (QED) is 0.583. The molecule has 0 aliphatic carbocycles. The van der Waals surface area contributed by atoms with E-state index in [1.165, 1.54) is 0 Å². The molecular formula is C14H9F3O. The van der Waals surface area contributed by atoms with Crippen LogP contribution >= 0.6 is 0 Å². The highest BCUT2D eigenvalue weighted by Gasteiger charge is 2.12. The van der Waals surface area contributed by atoms with Crippen molar-refractivity contribution in [1.82, 2.24) is 0 Å². The molecule has 0 heterocycles. The zero-order valence-corrected chi connectivity index (χ0v) is 9.51. The van der Waals surface area contributed by atoms with Crippen molar-refractivity contribution in [2.24, 2.45) is 0 Å². The molecule has 18 heavy (non-hydrogen) atoms. The number of benzene rings is 2. The average Bonchev–Trinajstić information content (AvgIpc) is 2.35. The number of halogens is 3. The Bertz CT molecular complexity index is 597. The molecule has 2 aromatic carbocycles. The first-order valence-electron chi connectivity index (χ1n) is 5.23. The maximum absolute atomic E-state index is 13.1. The predicted octanol–water partition coefficient (Wildman–Crippen LogP) is 3.89. The van der Waals surface area contributed by atoms with E-state index in [4.69, 9.17) is 0 Å². The van der Waals surface area contributed by atoms with Crippen molar-refractivity contribution in [2.45, 2.75) is 6.92 Å². The largest absolute Gasteiger partial charge is 0.298 e. The van der Waals surface area contributed by atoms with E-state index in [9.17, 15) is 18.0 Å². The first-order chi connectivity index (χ1) is 8.52. The lowest BCUT2D eigenvalue weighted by Crippen LogP contribution is -1.93. The number of hydrogen-bond acceptors (Lipinski definition) is 1. The van der Waals surface area contributed by atoms with Crippen LogP contribution in [0.15, 0.2) is 30.3 Å². The van der Waals surface area contributed by atoms with Gasteiger partial charge in [0.05, 0.1) is 0 Å². The Labute approximate surface area is 102 Å². The minimum absolute atomic E-state index is 0.229. The van der Waals surface area contributed by atoms with Gasteiger partial charge in [-0.2, -0.15) is 0 Å². The third-order valence-corrected chi connectivity index (χ3v) is 2.71. The first kappa shape index (κ1) is 12.4. The predicted molar refractivity (Wildman–Crippen MR) is 61.9 cm³/mol. The van der Waals surface area contributed by atoms with E-state index < -0.39 is 17.5 Å². The Balaban J connectivity index is 2.55. The summed E-state index contributed by atoms with van der Waals surface area (Å²) in [4.78, 5) is 10.7. The fourth-order valence-corrected chi connectivity index (χ4v) is 1.71. The van der Waals surface area contributed by atoms with Crippen LogP contribution in [-0.4, -0.2) is 6.29 Å². The highest BCUT2D eigenvalue weighted by Crippen LogP contribution is 2.25. The van der Waals surface area contributed by atoms with E-state index in [2.05, 4.69) is 0 Å². The molecule has 0 amide bonds. The highest BCUT2D eigenvalue weighted by atomic mass is 19.2. The summed E-state index contributed by atoms with van der Waals surface area (Å²) in [6.07, 6.45) is 0.699. The molecule has 0 aliphatic heterocycles. The molecule has 0 atom stereocenters. The van der Waals surface area contributed by atoms with Crippen LogP contribution in [-0.2, 0) is 0 Å². The number of hydrogen-bond donors (Lipinski definition) is 0. The second-order valence-corrected chi connectivity index (χ2v) is 3.94. The fraction of sp³-hybridized carbons (Fsp3) is 0.0714. The minimum atomic E-state index is -1.49. The normalized spacial score (nSPS) is 10.4. The second kappa shape index (κ2) is 4.64. The van der Waals surface area contributed by atoms with E-state index in [1.807, 2.05) is 0 Å². The summed E-state index contributed by atoms with van der Waals surface area (Å²) >= 11 is 0. The van der Waals surface area contributed by atoms with Crippen LogP contribution in [0.25, 0.3) is 11.1 Å². The summed E-state index contributed by atoms with van der Waals surface area (Å²) in [7, 11) is 0. The maximum atomic E-state index is 13.1. The molecule has 4 heteroatoms. The van der Waals surface area contributed by atoms with Gasteiger partial charge in [-0.1, -0.05) is 18.2 Å². The van der Waals surface area contributed by atoms with Crippen molar-refractivity contribution >= 4 is 6.29 Å². The van der Waals surface area contributed by atoms with E-state index in [-0.39, 0.29) is 5.56 Å². The molecule has 0 fully saturated rings. The third kappa shape index (κ3) is 2.14. The van der Waals surface area contributed by atoms with Gasteiger partial charge in [0.15, 0.2) is 17.5 Å². The van der Waals surface area contributed by atoms with Crippen molar-refractivity contribution in [2.75, 3.05) is 0 Å². The molecule has 0 aliphatic rings. The fourth-order valence-electron chi connectivity index (χ4n) is 1.71. The van der Waals surface area contributed by atoms with Crippen molar-refractivity contribution in [3.8, 4) is 11.1 Å². The molecule has 2 rings (SSSR count). The van der Waals surface area contributed by atoms with E-state index >= 15 is 0 Å². The summed E-state index contributed by atoms with van der Waals surface area (Å²) in [6, 6.07) is 6.58. The number of rotatable bonds is 2. The number of aryl methyl sites for hydroxylation is 1. The molecule has 0 unspecified atom stereocenters. The molecule has 0 N–H and O–H groups in total. The molecule has 0 saturated carbocycles. The summed E-state index contributed by atoms with van der Waals surface area (Å²) in [5.41, 5.74) is 1.94. The Hall–Kier alpha value is -2.10. The topological polar surface area (TPSA) is 17.1 Å². The van der Waals surface area contributed by atoms with Gasteiger partial charge in [0, 0.05) is 5.56 Å². The standard InChI is InChI=1S/C14H9F3O/c1-8-4-9(2-3-10(8)7-18)11-5-12(15)14(17)13(16)6-11/h2-7H,1H3. The maximum Gasteiger partial charge on any atom is 0.194 e. The molecule has 0 spiro atoms. The van der Waals surface area contributed by atoms with Gasteiger partial charge in [-0.05, 0) is 35.7 Å². The summed E-state index contributed by atoms with van der Waals surface area (Å²) in [6.45, 7) is 1.71. The van der Waals surface area contributed by atoms with Gasteiger partial charge in [-0.3, -0.25) is 4.79 Å². The van der Waals surface area contributed by atoms with Gasteiger partial charge in [0.2, 0.25) is 0 Å². The summed E-state index contributed by atoms with van der Waals surface area (Å²) in [5.74, 6) is -3.95. The van der Waals surface area contributed by atoms with Crippen molar-refractivity contribution < 1.29 is 18.0 Å². The molecule has 1 nitrogen and oxygen atoms in total. The molecular weight excluding hydrogens is 241 g/mol. The van der Waals surface area contributed by atoms with Crippen LogP contribution in [0.5, 0.6) is 0 Å². The smallest absolute Gasteiger partial charge is 0.194 e. The van der Waals surface area contributed by atoms with Gasteiger partial charge >= 0.3 is 0 Å². The zero-order chi connectivity index (χ0) is 13.3. The Morgan fingerprint density at radius 1 is 0.944 bits per heavy atom. The molecule has 92 valence electrons. The molecule has 0 saturated heterocycles. The Morgan fingerprint density at radius 2 is 1.56 bits per heavy atom. The number of carbonyl (C=O) groups is 1. The van der Waals surface area contributed by atoms with Gasteiger partial charge in [0.1, 0.15) is 6.29 Å². The van der Waals surface area contributed by atoms with Gasteiger partial charge in [-0.15, -0.1) is 0 Å². The monoisotopic (exact) mass is 250 g/mol. The van der Waals surface area contributed by atoms with Crippen LogP contribution in [0, 0.1) is 24.4 Å². The average molecular weight is 250 g/mol. The third-order valence-electron chi connectivity index (χ3n) is 2.71. The van der Waals surface area contributed by atoms with E-state index in [0.717, 1.165) is 12.1 Å². The van der Waals surface area contributed by atoms with E-state index in [0.29, 0.717) is 23.0 Å². The number of carbonyl (C=O) groups excluding carboxylic acids is 1. The number of aldehydes is 1. The van der Waals surface area contributed by atoms with Gasteiger partial charge < -0.3 is 0 Å². The van der Waals surface area contributed by atoms with Gasteiger partial charge in [0.25, 0.3) is 0 Å². The minimum Gasteiger partial charge on any atom is -0.298 e. The SMILES string of the molecule is Cc1cc(-c2cc(F)c(F)c(F)c2)ccc1C=O. The van der Waals surface area contributed by atoms with Crippen molar-refractivity contribution in [3.63, 3.8) is 0 Å². The van der Waals surface area contributed by atoms with Crippen LogP contribution < -0.4 is 0 Å². The zero-order valence-electron chi connectivity index (χ0n) is 9.51. The lowest BCUT2D eigenvalue weighted by atomic mass is 10.00. The molecule has 0 bridgehead atoms. The molecule has 2 aromatic rings. The van der Waals surface area contributed by atoms with Crippen LogP contribution in [0.2, 0.25) is 0 Å². The molecule has 0 radical (unpaired) electrons. The summed E-state index contributed by atoms with van der Waals surface area (Å²) in [5, 5.41) is 0. The Kier molecular flexibility index (Phi) is 3.19.